The number of carbonyl (C=O) groups excluding carboxylic acids is 5. The third kappa shape index (κ3) is 16.7. The second-order valence-corrected chi connectivity index (χ2v) is 9.09. The normalized spacial score (nSPS) is 9.21. The lowest BCUT2D eigenvalue weighted by molar-refractivity contribution is -0.125. The van der Waals surface area contributed by atoms with Gasteiger partial charge in [-0.05, 0) is 29.8 Å². The highest BCUT2D eigenvalue weighted by Gasteiger charge is 2.11. The van der Waals surface area contributed by atoms with Crippen LogP contribution in [0.15, 0.2) is 84.0 Å². The summed E-state index contributed by atoms with van der Waals surface area (Å²) >= 11 is 0. The summed E-state index contributed by atoms with van der Waals surface area (Å²) in [6.07, 6.45) is 0. The van der Waals surface area contributed by atoms with Crippen molar-refractivity contribution in [2.75, 3.05) is 53.6 Å². The molecule has 0 atom stereocenters. The molecule has 0 saturated heterocycles. The second kappa shape index (κ2) is 25.6. The van der Waals surface area contributed by atoms with Crippen molar-refractivity contribution in [2.24, 2.45) is 5.11 Å². The zero-order chi connectivity index (χ0) is 32.9. The van der Waals surface area contributed by atoms with Crippen LogP contribution >= 0.6 is 0 Å². The Morgan fingerprint density at radius 2 is 0.958 bits per heavy atom. The van der Waals surface area contributed by atoms with Crippen molar-refractivity contribution >= 4 is 35.1 Å². The fourth-order valence-electron chi connectivity index (χ4n) is 3.58. The number of azide groups is 1. The lowest BCUT2D eigenvalue weighted by atomic mass is 10.0. The first-order chi connectivity index (χ1) is 21.8. The molecule has 260 valence electrons. The first-order valence-corrected chi connectivity index (χ1v) is 13.7. The third-order valence-electron chi connectivity index (χ3n) is 5.75. The average Bonchev–Trinajstić information content (AvgIpc) is 3.06. The van der Waals surface area contributed by atoms with Gasteiger partial charge in [-0.1, -0.05) is 82.0 Å². The van der Waals surface area contributed by atoms with Crippen LogP contribution < -0.4 is 21.3 Å². The molecule has 0 unspecified atom stereocenters. The molecule has 0 bridgehead atoms. The predicted molar refractivity (Wildman–Crippen MR) is 186 cm³/mol. The minimum Gasteiger partial charge on any atom is -0.375 e. The molecule has 0 heterocycles. The van der Waals surface area contributed by atoms with Crippen molar-refractivity contribution < 1.29 is 33.4 Å². The Morgan fingerprint density at radius 3 is 1.38 bits per heavy atom. The Labute approximate surface area is 282 Å². The quantitative estimate of drug-likeness (QED) is 0.0604. The zero-order valence-electron chi connectivity index (χ0n) is 24.9. The topological polar surface area (TPSA) is 201 Å². The van der Waals surface area contributed by atoms with E-state index < -0.39 is 0 Å². The summed E-state index contributed by atoms with van der Waals surface area (Å²) in [5.74, 6) is -1.09. The summed E-state index contributed by atoms with van der Waals surface area (Å²) < 4.78 is 9.34. The number of ketones is 1. The van der Waals surface area contributed by atoms with Gasteiger partial charge in [-0.15, -0.1) is 0 Å². The van der Waals surface area contributed by atoms with E-state index >= 15 is 0 Å². The summed E-state index contributed by atoms with van der Waals surface area (Å²) in [5.41, 5.74) is 10.7. The van der Waals surface area contributed by atoms with Gasteiger partial charge < -0.3 is 30.7 Å². The van der Waals surface area contributed by atoms with Gasteiger partial charge in [0.1, 0.15) is 13.2 Å². The first-order valence-electron chi connectivity index (χ1n) is 13.7. The maximum absolute atomic E-state index is 12.3. The number of rotatable bonds is 15. The summed E-state index contributed by atoms with van der Waals surface area (Å²) in [4.78, 5) is 61.0. The van der Waals surface area contributed by atoms with Gasteiger partial charge in [0.15, 0.2) is 5.78 Å². The highest BCUT2D eigenvalue weighted by molar-refractivity contribution is 6.09. The van der Waals surface area contributed by atoms with Crippen molar-refractivity contribution in [3.05, 3.63) is 112 Å². The molecule has 14 heteroatoms. The molecule has 0 aliphatic carbocycles. The number of ether oxygens (including phenoxy) is 2. The van der Waals surface area contributed by atoms with Crippen molar-refractivity contribution in [1.29, 1.82) is 0 Å². The SMILES string of the molecule is C.C.C.COCC(=O)NCCNC(=O)c1ccc(C(=O)c2ccccc2)cc1.COCC(=O)NCCNC(=O)c1ccc(N=[N+]=[N-])cc1. The molecular formula is C34H47N7O7. The Balaban J connectivity index is 0. The van der Waals surface area contributed by atoms with E-state index in [0.29, 0.717) is 54.1 Å². The molecule has 3 rings (SSSR count). The molecule has 14 nitrogen and oxygen atoms in total. The Hall–Kier alpha value is -5.56. The molecule has 3 aromatic rings. The monoisotopic (exact) mass is 665 g/mol. The highest BCUT2D eigenvalue weighted by atomic mass is 16.5. The third-order valence-corrected chi connectivity index (χ3v) is 5.75. The van der Waals surface area contributed by atoms with Crippen LogP contribution in [0.3, 0.4) is 0 Å². The van der Waals surface area contributed by atoms with Crippen molar-refractivity contribution in [3.63, 3.8) is 0 Å². The minimum absolute atomic E-state index is 0. The fraction of sp³-hybridized carbons (Fsp3) is 0.324. The Morgan fingerprint density at radius 1 is 0.583 bits per heavy atom. The van der Waals surface area contributed by atoms with Gasteiger partial charge in [0.25, 0.3) is 11.8 Å². The van der Waals surface area contributed by atoms with Crippen LogP contribution in [0.5, 0.6) is 0 Å². The number of amides is 4. The van der Waals surface area contributed by atoms with Crippen LogP contribution in [0.4, 0.5) is 5.69 Å². The molecule has 0 aliphatic heterocycles. The summed E-state index contributed by atoms with van der Waals surface area (Å²) in [7, 11) is 2.87. The number of nitrogens with one attached hydrogen (secondary N) is 4. The number of methoxy groups -OCH3 is 2. The van der Waals surface area contributed by atoms with E-state index in [4.69, 9.17) is 5.53 Å². The molecule has 0 fully saturated rings. The van der Waals surface area contributed by atoms with Gasteiger partial charge >= 0.3 is 0 Å². The molecule has 0 saturated carbocycles. The van der Waals surface area contributed by atoms with Crippen LogP contribution in [0.2, 0.25) is 0 Å². The molecule has 4 amide bonds. The number of benzene rings is 3. The van der Waals surface area contributed by atoms with Crippen LogP contribution in [-0.4, -0.2) is 83.0 Å². The maximum atomic E-state index is 12.3. The van der Waals surface area contributed by atoms with E-state index in [1.807, 2.05) is 6.07 Å². The van der Waals surface area contributed by atoms with Crippen molar-refractivity contribution in [3.8, 4) is 0 Å². The van der Waals surface area contributed by atoms with Crippen LogP contribution in [0, 0.1) is 0 Å². The number of hydrogen-bond donors (Lipinski definition) is 4. The standard InChI is InChI=1S/C19H20N2O4.C12H15N5O3.3CH4/c1-25-13-17(22)20-11-12-21-19(24)16-9-7-15(8-10-16)18(23)14-5-3-2-4-6-14;1-20-8-11(18)14-6-7-15-12(19)9-2-4-10(5-3-9)16-17-13;;;/h2-10H,11-13H2,1H3,(H,20,22)(H,21,24);2-5H,6-8H2,1H3,(H,14,18)(H,15,19);3*1H4. The molecule has 0 spiro atoms. The van der Waals surface area contributed by atoms with E-state index in [0.717, 1.165) is 0 Å². The first kappa shape index (κ1) is 44.6. The van der Waals surface area contributed by atoms with E-state index in [2.05, 4.69) is 40.8 Å². The number of carbonyl (C=O) groups is 5. The van der Waals surface area contributed by atoms with Gasteiger partial charge in [0, 0.05) is 73.3 Å². The van der Waals surface area contributed by atoms with Gasteiger partial charge in [0.2, 0.25) is 11.8 Å². The fourth-order valence-corrected chi connectivity index (χ4v) is 3.58. The molecule has 0 radical (unpaired) electrons. The minimum atomic E-state index is -0.265. The van der Waals surface area contributed by atoms with Gasteiger partial charge in [-0.2, -0.15) is 0 Å². The number of hydrogen-bond acceptors (Lipinski definition) is 8. The highest BCUT2D eigenvalue weighted by Crippen LogP contribution is 2.13. The molecule has 0 aromatic heterocycles. The lowest BCUT2D eigenvalue weighted by Gasteiger charge is -2.07. The smallest absolute Gasteiger partial charge is 0.251 e. The van der Waals surface area contributed by atoms with Crippen LogP contribution in [-0.2, 0) is 19.1 Å². The predicted octanol–water partition coefficient (Wildman–Crippen LogP) is 4.44. The van der Waals surface area contributed by atoms with E-state index in [1.165, 1.54) is 14.2 Å². The molecular weight excluding hydrogens is 618 g/mol. The van der Waals surface area contributed by atoms with E-state index in [1.54, 1.807) is 72.8 Å². The lowest BCUT2D eigenvalue weighted by Crippen LogP contribution is -2.36. The van der Waals surface area contributed by atoms with Crippen LogP contribution in [0.1, 0.15) is 58.9 Å². The van der Waals surface area contributed by atoms with Crippen molar-refractivity contribution in [1.82, 2.24) is 21.3 Å². The largest absolute Gasteiger partial charge is 0.375 e. The Bertz CT molecular complexity index is 1460. The average molecular weight is 666 g/mol. The van der Waals surface area contributed by atoms with E-state index in [-0.39, 0.29) is 64.9 Å². The Kier molecular flexibility index (Phi) is 23.8. The molecule has 4 N–H and O–H groups in total. The molecule has 3 aromatic carbocycles. The van der Waals surface area contributed by atoms with E-state index in [9.17, 15) is 24.0 Å². The number of nitrogens with zero attached hydrogens (tertiary/aromatic N) is 3. The van der Waals surface area contributed by atoms with Crippen molar-refractivity contribution in [2.45, 2.75) is 22.3 Å². The summed E-state index contributed by atoms with van der Waals surface area (Å²) in [6.45, 7) is 1.24. The maximum Gasteiger partial charge on any atom is 0.251 e. The van der Waals surface area contributed by atoms with Gasteiger partial charge in [-0.25, -0.2) is 0 Å². The molecule has 48 heavy (non-hydrogen) atoms. The van der Waals surface area contributed by atoms with Crippen LogP contribution in [0.25, 0.3) is 10.4 Å². The summed E-state index contributed by atoms with van der Waals surface area (Å²) in [5, 5.41) is 13.9. The zero-order valence-corrected chi connectivity index (χ0v) is 24.9. The summed E-state index contributed by atoms with van der Waals surface area (Å²) in [6, 6.07) is 21.7. The van der Waals surface area contributed by atoms with Gasteiger partial charge in [-0.3, -0.25) is 24.0 Å². The van der Waals surface area contributed by atoms with Gasteiger partial charge in [0.05, 0.1) is 0 Å². The second-order valence-electron chi connectivity index (χ2n) is 9.09. The molecule has 0 aliphatic rings.